The summed E-state index contributed by atoms with van der Waals surface area (Å²) >= 11 is 0. The topological polar surface area (TPSA) is 74.4 Å². The fraction of sp³-hybridized carbons (Fsp3) is 0.333. The molecule has 204 valence electrons. The number of carbonyl (C=O) groups is 2. The standard InChI is InChI=1S/C30H33FN4O4/c1-33-13-15-35(16-14-33)24-12-8-7-11-23(24)32-29(36)27-20-17-25(38-3)26(39-4)18-21(20)30(37)34(2)28(27)19-9-5-6-10-22(19)31/h5-12,17-18,27-28H,13-16H2,1-4H3,(H,32,36)/t27-,28+/m0/s1. The third kappa shape index (κ3) is 4.90. The molecule has 39 heavy (non-hydrogen) atoms. The summed E-state index contributed by atoms with van der Waals surface area (Å²) in [5.41, 5.74) is 2.63. The van der Waals surface area contributed by atoms with Gasteiger partial charge in [-0.25, -0.2) is 4.39 Å². The summed E-state index contributed by atoms with van der Waals surface area (Å²) in [4.78, 5) is 33.8. The number of methoxy groups -OCH3 is 2. The quantitative estimate of drug-likeness (QED) is 0.515. The molecule has 0 radical (unpaired) electrons. The van der Waals surface area contributed by atoms with Gasteiger partial charge >= 0.3 is 0 Å². The zero-order chi connectivity index (χ0) is 27.7. The highest BCUT2D eigenvalue weighted by molar-refractivity contribution is 6.05. The number of benzene rings is 3. The Morgan fingerprint density at radius 3 is 2.23 bits per heavy atom. The van der Waals surface area contributed by atoms with Gasteiger partial charge in [0.1, 0.15) is 5.82 Å². The van der Waals surface area contributed by atoms with E-state index in [9.17, 15) is 9.59 Å². The summed E-state index contributed by atoms with van der Waals surface area (Å²) in [5, 5.41) is 3.12. The number of amides is 2. The van der Waals surface area contributed by atoms with E-state index in [2.05, 4.69) is 22.2 Å². The first-order valence-corrected chi connectivity index (χ1v) is 12.9. The lowest BCUT2D eigenvalue weighted by atomic mass is 9.79. The minimum atomic E-state index is -0.917. The summed E-state index contributed by atoms with van der Waals surface area (Å²) in [5.74, 6) is -1.32. The van der Waals surface area contributed by atoms with Crippen LogP contribution >= 0.6 is 0 Å². The highest BCUT2D eigenvalue weighted by Gasteiger charge is 2.44. The number of para-hydroxylation sites is 2. The number of nitrogens with zero attached hydrogens (tertiary/aromatic N) is 3. The molecule has 0 saturated carbocycles. The van der Waals surface area contributed by atoms with Crippen LogP contribution < -0.4 is 19.7 Å². The Morgan fingerprint density at radius 2 is 1.54 bits per heavy atom. The highest BCUT2D eigenvalue weighted by atomic mass is 19.1. The summed E-state index contributed by atoms with van der Waals surface area (Å²) < 4.78 is 26.1. The number of halogens is 1. The average Bonchev–Trinajstić information content (AvgIpc) is 2.95. The Hall–Kier alpha value is -4.11. The van der Waals surface area contributed by atoms with Crippen LogP contribution in [0.1, 0.15) is 33.4 Å². The maximum atomic E-state index is 15.2. The smallest absolute Gasteiger partial charge is 0.254 e. The van der Waals surface area contributed by atoms with Crippen LogP contribution in [0.15, 0.2) is 60.7 Å². The zero-order valence-corrected chi connectivity index (χ0v) is 22.6. The molecule has 1 saturated heterocycles. The maximum absolute atomic E-state index is 15.2. The molecular formula is C30H33FN4O4. The van der Waals surface area contributed by atoms with Crippen molar-refractivity contribution in [1.82, 2.24) is 9.80 Å². The van der Waals surface area contributed by atoms with Gasteiger partial charge in [0, 0.05) is 44.4 Å². The van der Waals surface area contributed by atoms with Crippen LogP contribution in [0.3, 0.4) is 0 Å². The van der Waals surface area contributed by atoms with Crippen LogP contribution in [0.25, 0.3) is 0 Å². The molecule has 0 bridgehead atoms. The van der Waals surface area contributed by atoms with Crippen molar-refractivity contribution in [2.45, 2.75) is 12.0 Å². The second-order valence-corrected chi connectivity index (χ2v) is 9.95. The predicted molar refractivity (Wildman–Crippen MR) is 148 cm³/mol. The van der Waals surface area contributed by atoms with Gasteiger partial charge in [-0.05, 0) is 42.9 Å². The van der Waals surface area contributed by atoms with E-state index in [1.54, 1.807) is 37.4 Å². The number of hydrogen-bond acceptors (Lipinski definition) is 6. The Labute approximate surface area is 227 Å². The molecular weight excluding hydrogens is 499 g/mol. The summed E-state index contributed by atoms with van der Waals surface area (Å²) in [7, 11) is 6.67. The first kappa shape index (κ1) is 26.5. The monoisotopic (exact) mass is 532 g/mol. The Kier molecular flexibility index (Phi) is 7.43. The Morgan fingerprint density at radius 1 is 0.897 bits per heavy atom. The molecule has 1 fully saturated rings. The fourth-order valence-electron chi connectivity index (χ4n) is 5.55. The van der Waals surface area contributed by atoms with Crippen molar-refractivity contribution >= 4 is 23.2 Å². The van der Waals surface area contributed by atoms with Gasteiger partial charge in [0.25, 0.3) is 5.91 Å². The summed E-state index contributed by atoms with van der Waals surface area (Å²) in [6.07, 6.45) is 0. The minimum absolute atomic E-state index is 0.265. The molecule has 2 atom stereocenters. The van der Waals surface area contributed by atoms with E-state index in [-0.39, 0.29) is 17.4 Å². The average molecular weight is 533 g/mol. The van der Waals surface area contributed by atoms with Gasteiger partial charge in [0.2, 0.25) is 5.91 Å². The SMILES string of the molecule is COc1cc2c(cc1OC)[C@H](C(=O)Nc1ccccc1N1CCN(C)CC1)[C@@H](c1ccccc1F)N(C)C2=O. The number of carbonyl (C=O) groups excluding carboxylic acids is 2. The lowest BCUT2D eigenvalue weighted by molar-refractivity contribution is -0.119. The fourth-order valence-corrected chi connectivity index (χ4v) is 5.55. The van der Waals surface area contributed by atoms with E-state index in [1.165, 1.54) is 25.2 Å². The molecule has 0 aliphatic carbocycles. The van der Waals surface area contributed by atoms with Crippen molar-refractivity contribution < 1.29 is 23.5 Å². The van der Waals surface area contributed by atoms with Crippen LogP contribution in [0.2, 0.25) is 0 Å². The van der Waals surface area contributed by atoms with Crippen LogP contribution in [0.4, 0.5) is 15.8 Å². The van der Waals surface area contributed by atoms with Gasteiger partial charge in [-0.15, -0.1) is 0 Å². The van der Waals surface area contributed by atoms with E-state index in [1.807, 2.05) is 24.3 Å². The van der Waals surface area contributed by atoms with Gasteiger partial charge in [0.15, 0.2) is 11.5 Å². The Bertz CT molecular complexity index is 1390. The van der Waals surface area contributed by atoms with Crippen LogP contribution in [-0.4, -0.2) is 76.1 Å². The molecule has 0 aromatic heterocycles. The van der Waals surface area contributed by atoms with E-state index in [0.717, 1.165) is 31.9 Å². The molecule has 8 nitrogen and oxygen atoms in total. The van der Waals surface area contributed by atoms with Crippen molar-refractivity contribution in [3.8, 4) is 11.5 Å². The van der Waals surface area contributed by atoms with Crippen molar-refractivity contribution in [3.63, 3.8) is 0 Å². The second-order valence-electron chi connectivity index (χ2n) is 9.95. The van der Waals surface area contributed by atoms with Gasteiger partial charge in [-0.1, -0.05) is 30.3 Å². The highest BCUT2D eigenvalue weighted by Crippen LogP contribution is 2.46. The molecule has 2 heterocycles. The number of likely N-dealkylation sites (N-methyl/N-ethyl adjacent to an activating group) is 2. The third-order valence-electron chi connectivity index (χ3n) is 7.69. The van der Waals surface area contributed by atoms with Crippen molar-refractivity contribution in [2.75, 3.05) is 64.7 Å². The molecule has 3 aromatic rings. The van der Waals surface area contributed by atoms with Crippen LogP contribution in [-0.2, 0) is 4.79 Å². The van der Waals surface area contributed by atoms with Crippen molar-refractivity contribution in [3.05, 3.63) is 83.2 Å². The normalized spacial score (nSPS) is 19.5. The van der Waals surface area contributed by atoms with E-state index >= 15 is 4.39 Å². The molecule has 5 rings (SSSR count). The van der Waals surface area contributed by atoms with Gasteiger partial charge in [-0.3, -0.25) is 9.59 Å². The number of fused-ring (bicyclic) bond motifs is 1. The molecule has 2 amide bonds. The molecule has 0 spiro atoms. The first-order chi connectivity index (χ1) is 18.8. The largest absolute Gasteiger partial charge is 0.493 e. The van der Waals surface area contributed by atoms with E-state index in [4.69, 9.17) is 9.47 Å². The van der Waals surface area contributed by atoms with E-state index in [0.29, 0.717) is 28.3 Å². The number of nitrogens with one attached hydrogen (secondary N) is 1. The molecule has 2 aliphatic heterocycles. The van der Waals surface area contributed by atoms with Crippen molar-refractivity contribution in [2.24, 2.45) is 0 Å². The summed E-state index contributed by atoms with van der Waals surface area (Å²) in [6.45, 7) is 3.51. The number of ether oxygens (including phenoxy) is 2. The lowest BCUT2D eigenvalue weighted by Gasteiger charge is -2.40. The summed E-state index contributed by atoms with van der Waals surface area (Å²) in [6, 6.07) is 16.3. The molecule has 0 unspecified atom stereocenters. The van der Waals surface area contributed by atoms with Gasteiger partial charge in [0.05, 0.1) is 37.6 Å². The maximum Gasteiger partial charge on any atom is 0.254 e. The first-order valence-electron chi connectivity index (χ1n) is 12.9. The zero-order valence-electron chi connectivity index (χ0n) is 22.6. The van der Waals surface area contributed by atoms with Gasteiger partial charge < -0.3 is 29.5 Å². The predicted octanol–water partition coefficient (Wildman–Crippen LogP) is 4.14. The number of hydrogen-bond donors (Lipinski definition) is 1. The lowest BCUT2D eigenvalue weighted by Crippen LogP contribution is -2.45. The Balaban J connectivity index is 1.61. The van der Waals surface area contributed by atoms with Crippen LogP contribution in [0, 0.1) is 5.82 Å². The molecule has 2 aliphatic rings. The second kappa shape index (κ2) is 10.9. The molecule has 3 aromatic carbocycles. The molecule has 9 heteroatoms. The minimum Gasteiger partial charge on any atom is -0.493 e. The number of rotatable bonds is 6. The third-order valence-corrected chi connectivity index (χ3v) is 7.69. The van der Waals surface area contributed by atoms with Crippen LogP contribution in [0.5, 0.6) is 11.5 Å². The van der Waals surface area contributed by atoms with Gasteiger partial charge in [-0.2, -0.15) is 0 Å². The number of anilines is 2. The van der Waals surface area contributed by atoms with Crippen molar-refractivity contribution in [1.29, 1.82) is 0 Å². The van der Waals surface area contributed by atoms with E-state index < -0.39 is 17.8 Å². The number of piperazine rings is 1. The molecule has 1 N–H and O–H groups in total.